The molecule has 0 saturated heterocycles. The number of hydrogen-bond acceptors (Lipinski definition) is 3. The average molecular weight is 151 g/mol. The Kier molecular flexibility index (Phi) is 8.90. The molecule has 0 rings (SSSR count). The smallest absolute Gasteiger partial charge is 0.108 e. The van der Waals surface area contributed by atoms with E-state index in [2.05, 4.69) is 15.7 Å². The van der Waals surface area contributed by atoms with E-state index >= 15 is 0 Å². The predicted octanol–water partition coefficient (Wildman–Crippen LogP) is 0.296. The minimum atomic E-state index is 0. The SMILES string of the molecule is CC(C)=NNN=CN.Cl. The van der Waals surface area contributed by atoms with E-state index in [1.165, 1.54) is 0 Å². The number of hydrogen-bond donors (Lipinski definition) is 2. The second kappa shape index (κ2) is 7.23. The molecule has 0 aromatic carbocycles. The van der Waals surface area contributed by atoms with E-state index in [4.69, 9.17) is 5.73 Å². The third kappa shape index (κ3) is 11.1. The minimum Gasteiger partial charge on any atom is -0.388 e. The Morgan fingerprint density at radius 3 is 2.44 bits per heavy atom. The highest BCUT2D eigenvalue weighted by Crippen LogP contribution is 1.66. The molecule has 0 spiro atoms. The molecular formula is C4H11ClN4. The van der Waals surface area contributed by atoms with Crippen LogP contribution in [-0.4, -0.2) is 12.1 Å². The Labute approximate surface area is 60.6 Å². The van der Waals surface area contributed by atoms with E-state index in [0.717, 1.165) is 12.1 Å². The number of nitrogens with two attached hydrogens (primary N) is 1. The minimum absolute atomic E-state index is 0. The van der Waals surface area contributed by atoms with E-state index < -0.39 is 0 Å². The van der Waals surface area contributed by atoms with E-state index in [1.807, 2.05) is 13.8 Å². The highest BCUT2D eigenvalue weighted by atomic mass is 35.5. The molecule has 0 amide bonds. The van der Waals surface area contributed by atoms with E-state index in [0.29, 0.717) is 0 Å². The lowest BCUT2D eigenvalue weighted by molar-refractivity contribution is 0.809. The van der Waals surface area contributed by atoms with Gasteiger partial charge in [-0.2, -0.15) is 10.6 Å². The van der Waals surface area contributed by atoms with Crippen molar-refractivity contribution >= 4 is 24.5 Å². The van der Waals surface area contributed by atoms with Gasteiger partial charge in [-0.15, -0.1) is 17.5 Å². The third-order valence-electron chi connectivity index (χ3n) is 0.406. The Bertz CT molecular complexity index is 105. The van der Waals surface area contributed by atoms with Gasteiger partial charge in [-0.3, -0.25) is 0 Å². The van der Waals surface area contributed by atoms with Gasteiger partial charge in [-0.1, -0.05) is 0 Å². The predicted molar refractivity (Wildman–Crippen MR) is 41.8 cm³/mol. The van der Waals surface area contributed by atoms with Gasteiger partial charge in [0.2, 0.25) is 0 Å². The fourth-order valence-electron chi connectivity index (χ4n) is 0.162. The van der Waals surface area contributed by atoms with Gasteiger partial charge < -0.3 is 5.73 Å². The molecule has 0 aromatic heterocycles. The van der Waals surface area contributed by atoms with E-state index in [-0.39, 0.29) is 12.4 Å². The maximum atomic E-state index is 4.89. The lowest BCUT2D eigenvalue weighted by atomic mass is 10.5. The van der Waals surface area contributed by atoms with Crippen LogP contribution in [0, 0.1) is 0 Å². The van der Waals surface area contributed by atoms with Crippen LogP contribution in [-0.2, 0) is 0 Å². The maximum absolute atomic E-state index is 4.89. The van der Waals surface area contributed by atoms with Crippen LogP contribution in [0.5, 0.6) is 0 Å². The van der Waals surface area contributed by atoms with Crippen LogP contribution in [0.15, 0.2) is 10.2 Å². The quantitative estimate of drug-likeness (QED) is 0.338. The van der Waals surface area contributed by atoms with Crippen molar-refractivity contribution in [1.29, 1.82) is 0 Å². The molecule has 0 aromatic rings. The molecule has 0 aliphatic rings. The molecule has 0 unspecified atom stereocenters. The van der Waals surface area contributed by atoms with Gasteiger partial charge in [-0.25, -0.2) is 0 Å². The number of rotatable bonds is 2. The molecule has 0 fully saturated rings. The van der Waals surface area contributed by atoms with Gasteiger partial charge in [0.25, 0.3) is 0 Å². The summed E-state index contributed by atoms with van der Waals surface area (Å²) in [6.07, 6.45) is 1.15. The lowest BCUT2D eigenvalue weighted by Crippen LogP contribution is -2.01. The summed E-state index contributed by atoms with van der Waals surface area (Å²) in [4.78, 5) is 0. The normalized spacial score (nSPS) is 8.22. The molecule has 0 radical (unpaired) electrons. The molecule has 0 aliphatic heterocycles. The average Bonchev–Trinajstić information content (AvgIpc) is 1.66. The summed E-state index contributed by atoms with van der Waals surface area (Å²) in [5.41, 5.74) is 8.17. The number of nitrogens with one attached hydrogen (secondary N) is 1. The summed E-state index contributed by atoms with van der Waals surface area (Å²) in [6, 6.07) is 0. The van der Waals surface area contributed by atoms with Crippen molar-refractivity contribution in [3.8, 4) is 0 Å². The monoisotopic (exact) mass is 150 g/mol. The van der Waals surface area contributed by atoms with Crippen LogP contribution in [0.2, 0.25) is 0 Å². The van der Waals surface area contributed by atoms with Crippen molar-refractivity contribution in [2.45, 2.75) is 13.8 Å². The zero-order chi connectivity index (χ0) is 6.41. The molecule has 54 valence electrons. The highest BCUT2D eigenvalue weighted by Gasteiger charge is 1.70. The molecular weight excluding hydrogens is 140 g/mol. The van der Waals surface area contributed by atoms with Gasteiger partial charge in [0.15, 0.2) is 0 Å². The van der Waals surface area contributed by atoms with Crippen LogP contribution in [0.3, 0.4) is 0 Å². The molecule has 5 heteroatoms. The number of nitrogens with zero attached hydrogens (tertiary/aromatic N) is 2. The van der Waals surface area contributed by atoms with Gasteiger partial charge in [-0.05, 0) is 13.8 Å². The lowest BCUT2D eigenvalue weighted by Gasteiger charge is -1.87. The van der Waals surface area contributed by atoms with Crippen molar-refractivity contribution in [1.82, 2.24) is 5.53 Å². The first-order chi connectivity index (χ1) is 3.77. The molecule has 0 aliphatic carbocycles. The van der Waals surface area contributed by atoms with Crippen LogP contribution >= 0.6 is 12.4 Å². The topological polar surface area (TPSA) is 62.8 Å². The van der Waals surface area contributed by atoms with Gasteiger partial charge in [0.1, 0.15) is 6.34 Å². The summed E-state index contributed by atoms with van der Waals surface area (Å²) in [5.74, 6) is 0. The van der Waals surface area contributed by atoms with Crippen LogP contribution in [0.1, 0.15) is 13.8 Å². The largest absolute Gasteiger partial charge is 0.388 e. The van der Waals surface area contributed by atoms with Gasteiger partial charge in [0.05, 0.1) is 0 Å². The van der Waals surface area contributed by atoms with Crippen molar-refractivity contribution < 1.29 is 0 Å². The number of halogens is 1. The standard InChI is InChI=1S/C4H10N4.ClH/c1-4(2)7-8-6-3-5;/h3,8H,1-2H3,(H2,5,6);1H. The Hall–Kier alpha value is -0.770. The first kappa shape index (κ1) is 11.1. The van der Waals surface area contributed by atoms with E-state index in [9.17, 15) is 0 Å². The van der Waals surface area contributed by atoms with Crippen molar-refractivity contribution in [2.24, 2.45) is 15.9 Å². The van der Waals surface area contributed by atoms with Crippen molar-refractivity contribution in [2.75, 3.05) is 0 Å². The Balaban J connectivity index is 0. The maximum Gasteiger partial charge on any atom is 0.108 e. The fraction of sp³-hybridized carbons (Fsp3) is 0.500. The zero-order valence-corrected chi connectivity index (χ0v) is 6.27. The summed E-state index contributed by atoms with van der Waals surface area (Å²) < 4.78 is 0. The summed E-state index contributed by atoms with van der Waals surface area (Å²) in [6.45, 7) is 3.72. The van der Waals surface area contributed by atoms with Crippen LogP contribution in [0.25, 0.3) is 0 Å². The van der Waals surface area contributed by atoms with Gasteiger partial charge in [0, 0.05) is 5.71 Å². The molecule has 0 atom stereocenters. The first-order valence-electron chi connectivity index (χ1n) is 2.26. The molecule has 0 heterocycles. The van der Waals surface area contributed by atoms with Crippen LogP contribution in [0.4, 0.5) is 0 Å². The molecule has 9 heavy (non-hydrogen) atoms. The zero-order valence-electron chi connectivity index (χ0n) is 5.46. The second-order valence-corrected chi connectivity index (χ2v) is 1.44. The summed E-state index contributed by atoms with van der Waals surface area (Å²) in [5, 5.41) is 7.13. The fourth-order valence-corrected chi connectivity index (χ4v) is 0.162. The van der Waals surface area contributed by atoms with Crippen molar-refractivity contribution in [3.05, 3.63) is 0 Å². The summed E-state index contributed by atoms with van der Waals surface area (Å²) in [7, 11) is 0. The number of hydrazone groups is 2. The van der Waals surface area contributed by atoms with Crippen LogP contribution < -0.4 is 11.3 Å². The molecule has 0 bridgehead atoms. The molecule has 3 N–H and O–H groups in total. The summed E-state index contributed by atoms with van der Waals surface area (Å²) >= 11 is 0. The third-order valence-corrected chi connectivity index (χ3v) is 0.406. The first-order valence-corrected chi connectivity index (χ1v) is 2.26. The highest BCUT2D eigenvalue weighted by molar-refractivity contribution is 5.85. The van der Waals surface area contributed by atoms with Gasteiger partial charge >= 0.3 is 0 Å². The Morgan fingerprint density at radius 1 is 1.56 bits per heavy atom. The molecule has 4 nitrogen and oxygen atoms in total. The second-order valence-electron chi connectivity index (χ2n) is 1.44. The van der Waals surface area contributed by atoms with Crippen molar-refractivity contribution in [3.63, 3.8) is 0 Å². The van der Waals surface area contributed by atoms with E-state index in [1.54, 1.807) is 0 Å². The molecule has 0 saturated carbocycles. The Morgan fingerprint density at radius 2 is 2.11 bits per heavy atom.